The van der Waals surface area contributed by atoms with E-state index >= 15 is 0 Å². The summed E-state index contributed by atoms with van der Waals surface area (Å²) in [6, 6.07) is 7.11. The SMILES string of the molecule is N#Cc1ccc(Sc2cnc(Cl)nc2Cl)cc1Cl. The molecule has 7 heteroatoms. The molecule has 2 aromatic rings. The Morgan fingerprint density at radius 1 is 1.22 bits per heavy atom. The van der Waals surface area contributed by atoms with Crippen molar-refractivity contribution < 1.29 is 0 Å². The van der Waals surface area contributed by atoms with Crippen LogP contribution in [0.1, 0.15) is 5.56 Å². The molecule has 0 atom stereocenters. The Balaban J connectivity index is 2.29. The van der Waals surface area contributed by atoms with Crippen LogP contribution in [0.4, 0.5) is 0 Å². The molecule has 0 unspecified atom stereocenters. The molecule has 1 heterocycles. The molecule has 0 amide bonds. The van der Waals surface area contributed by atoms with Gasteiger partial charge in [-0.2, -0.15) is 5.26 Å². The first kappa shape index (κ1) is 13.4. The molecular formula is C11H4Cl3N3S. The number of hydrogen-bond acceptors (Lipinski definition) is 4. The minimum atomic E-state index is 0.0993. The molecule has 0 aliphatic rings. The number of nitriles is 1. The third-order valence-corrected chi connectivity index (χ3v) is 3.87. The second-order valence-corrected chi connectivity index (χ2v) is 5.37. The summed E-state index contributed by atoms with van der Waals surface area (Å²) in [6.45, 7) is 0. The Labute approximate surface area is 123 Å². The number of halogens is 3. The molecule has 0 fully saturated rings. The third kappa shape index (κ3) is 3.06. The summed E-state index contributed by atoms with van der Waals surface area (Å²) in [6.07, 6.45) is 1.54. The Bertz CT molecular complexity index is 640. The van der Waals surface area contributed by atoms with Gasteiger partial charge in [-0.05, 0) is 29.8 Å². The van der Waals surface area contributed by atoms with Crippen molar-refractivity contribution in [2.24, 2.45) is 0 Å². The maximum Gasteiger partial charge on any atom is 0.223 e. The van der Waals surface area contributed by atoms with E-state index in [-0.39, 0.29) is 10.4 Å². The zero-order valence-corrected chi connectivity index (χ0v) is 11.8. The Hall–Kier alpha value is -0.990. The van der Waals surface area contributed by atoms with Crippen LogP contribution >= 0.6 is 46.6 Å². The number of nitrogens with zero attached hydrogens (tertiary/aromatic N) is 3. The van der Waals surface area contributed by atoms with Crippen LogP contribution in [0.15, 0.2) is 34.2 Å². The van der Waals surface area contributed by atoms with Crippen LogP contribution in [0, 0.1) is 11.3 Å². The highest BCUT2D eigenvalue weighted by Crippen LogP contribution is 2.34. The smallest absolute Gasteiger partial charge is 0.223 e. The molecule has 0 aliphatic carbocycles. The van der Waals surface area contributed by atoms with Crippen LogP contribution in [0.3, 0.4) is 0 Å². The lowest BCUT2D eigenvalue weighted by Crippen LogP contribution is -1.86. The van der Waals surface area contributed by atoms with Gasteiger partial charge in [0.25, 0.3) is 0 Å². The summed E-state index contributed by atoms with van der Waals surface area (Å²) in [5.41, 5.74) is 0.430. The highest BCUT2D eigenvalue weighted by Gasteiger charge is 2.08. The van der Waals surface area contributed by atoms with Crippen molar-refractivity contribution in [3.63, 3.8) is 0 Å². The molecule has 0 saturated carbocycles. The first-order chi connectivity index (χ1) is 8.60. The Morgan fingerprint density at radius 2 is 2.00 bits per heavy atom. The molecule has 3 nitrogen and oxygen atoms in total. The van der Waals surface area contributed by atoms with Crippen molar-refractivity contribution in [1.29, 1.82) is 5.26 Å². The number of hydrogen-bond donors (Lipinski definition) is 0. The molecule has 0 bridgehead atoms. The molecule has 1 aromatic carbocycles. The van der Waals surface area contributed by atoms with Gasteiger partial charge in [0.1, 0.15) is 11.2 Å². The molecule has 0 radical (unpaired) electrons. The summed E-state index contributed by atoms with van der Waals surface area (Å²) < 4.78 is 0. The molecule has 0 N–H and O–H groups in total. The van der Waals surface area contributed by atoms with E-state index in [9.17, 15) is 0 Å². The largest absolute Gasteiger partial charge is 0.225 e. The molecule has 0 spiro atoms. The van der Waals surface area contributed by atoms with Gasteiger partial charge in [0.15, 0.2) is 0 Å². The lowest BCUT2D eigenvalue weighted by molar-refractivity contribution is 1.10. The molecule has 0 aliphatic heterocycles. The standard InChI is InChI=1S/C11H4Cl3N3S/c12-8-3-7(2-1-6(8)4-15)18-9-5-16-11(14)17-10(9)13/h1-3,5H. The lowest BCUT2D eigenvalue weighted by Gasteiger charge is -2.04. The van der Waals surface area contributed by atoms with E-state index in [0.29, 0.717) is 15.5 Å². The van der Waals surface area contributed by atoms with Crippen LogP contribution < -0.4 is 0 Å². The molecule has 90 valence electrons. The van der Waals surface area contributed by atoms with E-state index < -0.39 is 0 Å². The van der Waals surface area contributed by atoms with Crippen LogP contribution in [-0.4, -0.2) is 9.97 Å². The summed E-state index contributed by atoms with van der Waals surface area (Å²) in [4.78, 5) is 9.20. The maximum absolute atomic E-state index is 8.78. The van der Waals surface area contributed by atoms with Gasteiger partial charge >= 0.3 is 0 Å². The van der Waals surface area contributed by atoms with Gasteiger partial charge in [-0.1, -0.05) is 35.0 Å². The van der Waals surface area contributed by atoms with Crippen molar-refractivity contribution in [2.75, 3.05) is 0 Å². The van der Waals surface area contributed by atoms with E-state index in [2.05, 4.69) is 9.97 Å². The first-order valence-electron chi connectivity index (χ1n) is 4.65. The van der Waals surface area contributed by atoms with Crippen LogP contribution in [0.25, 0.3) is 0 Å². The molecule has 18 heavy (non-hydrogen) atoms. The minimum absolute atomic E-state index is 0.0993. The Kier molecular flexibility index (Phi) is 4.31. The van der Waals surface area contributed by atoms with Crippen LogP contribution in [-0.2, 0) is 0 Å². The molecule has 0 saturated heterocycles. The predicted molar refractivity (Wildman–Crippen MR) is 72.3 cm³/mol. The fourth-order valence-electron chi connectivity index (χ4n) is 1.18. The second kappa shape index (κ2) is 5.77. The Morgan fingerprint density at radius 3 is 2.61 bits per heavy atom. The molecule has 1 aromatic heterocycles. The van der Waals surface area contributed by atoms with Crippen molar-refractivity contribution in [3.8, 4) is 6.07 Å². The van der Waals surface area contributed by atoms with Gasteiger partial charge in [-0.25, -0.2) is 9.97 Å². The highest BCUT2D eigenvalue weighted by molar-refractivity contribution is 7.99. The predicted octanol–water partition coefficient (Wildman–Crippen LogP) is 4.46. The van der Waals surface area contributed by atoms with Crippen LogP contribution in [0.5, 0.6) is 0 Å². The zero-order chi connectivity index (χ0) is 13.1. The summed E-state index contributed by atoms with van der Waals surface area (Å²) in [5.74, 6) is 0. The number of aromatic nitrogens is 2. The zero-order valence-electron chi connectivity index (χ0n) is 8.69. The fourth-order valence-corrected chi connectivity index (χ4v) is 2.69. The van der Waals surface area contributed by atoms with Crippen molar-refractivity contribution in [2.45, 2.75) is 9.79 Å². The maximum atomic E-state index is 8.78. The summed E-state index contributed by atoms with van der Waals surface area (Å²) in [7, 11) is 0. The average Bonchev–Trinajstić information content (AvgIpc) is 2.33. The van der Waals surface area contributed by atoms with Crippen molar-refractivity contribution in [3.05, 3.63) is 45.4 Å². The van der Waals surface area contributed by atoms with Gasteiger partial charge in [0.2, 0.25) is 5.28 Å². The highest BCUT2D eigenvalue weighted by atomic mass is 35.5. The third-order valence-electron chi connectivity index (χ3n) is 1.97. The summed E-state index contributed by atoms with van der Waals surface area (Å²) >= 11 is 18.8. The van der Waals surface area contributed by atoms with Gasteiger partial charge in [-0.15, -0.1) is 0 Å². The second-order valence-electron chi connectivity index (χ2n) is 3.15. The quantitative estimate of drug-likeness (QED) is 0.606. The van der Waals surface area contributed by atoms with E-state index in [1.807, 2.05) is 6.07 Å². The van der Waals surface area contributed by atoms with E-state index in [0.717, 1.165) is 4.90 Å². The number of rotatable bonds is 2. The number of benzene rings is 1. The van der Waals surface area contributed by atoms with Crippen molar-refractivity contribution >= 4 is 46.6 Å². The van der Waals surface area contributed by atoms with E-state index in [4.69, 9.17) is 40.1 Å². The van der Waals surface area contributed by atoms with Crippen molar-refractivity contribution in [1.82, 2.24) is 9.97 Å². The normalized spacial score (nSPS) is 10.1. The van der Waals surface area contributed by atoms with Gasteiger partial charge in [0.05, 0.1) is 15.5 Å². The monoisotopic (exact) mass is 315 g/mol. The van der Waals surface area contributed by atoms with Gasteiger partial charge in [0, 0.05) is 11.1 Å². The topological polar surface area (TPSA) is 49.6 Å². The fraction of sp³-hybridized carbons (Fsp3) is 0. The van der Waals surface area contributed by atoms with E-state index in [1.165, 1.54) is 18.0 Å². The summed E-state index contributed by atoms with van der Waals surface area (Å²) in [5, 5.41) is 9.55. The van der Waals surface area contributed by atoms with Crippen LogP contribution in [0.2, 0.25) is 15.5 Å². The molecular weight excluding hydrogens is 313 g/mol. The average molecular weight is 317 g/mol. The van der Waals surface area contributed by atoms with E-state index in [1.54, 1.807) is 18.2 Å². The molecule has 2 rings (SSSR count). The lowest BCUT2D eigenvalue weighted by atomic mass is 10.2. The minimum Gasteiger partial charge on any atom is -0.225 e. The first-order valence-corrected chi connectivity index (χ1v) is 6.60. The van der Waals surface area contributed by atoms with Gasteiger partial charge in [-0.3, -0.25) is 0 Å². The van der Waals surface area contributed by atoms with Gasteiger partial charge < -0.3 is 0 Å².